The van der Waals surface area contributed by atoms with Crippen molar-refractivity contribution in [2.24, 2.45) is 20.5 Å². The van der Waals surface area contributed by atoms with Crippen LogP contribution in [0, 0.1) is 34.1 Å². The third kappa shape index (κ3) is 7.76. The van der Waals surface area contributed by atoms with Crippen LogP contribution in [-0.4, -0.2) is 30.3 Å². The van der Waals surface area contributed by atoms with E-state index < -0.39 is 32.7 Å². The van der Waals surface area contributed by atoms with E-state index in [0.29, 0.717) is 22.8 Å². The zero-order valence-electron chi connectivity index (χ0n) is 25.8. The van der Waals surface area contributed by atoms with Gasteiger partial charge in [-0.1, -0.05) is 60.7 Å². The Kier molecular flexibility index (Phi) is 10.8. The number of nitrogens with zero attached hydrogens (tertiary/aromatic N) is 6. The van der Waals surface area contributed by atoms with Crippen molar-refractivity contribution < 1.29 is 47.6 Å². The summed E-state index contributed by atoms with van der Waals surface area (Å²) in [5, 5.41) is 80.7. The van der Waals surface area contributed by atoms with Gasteiger partial charge in [-0.05, 0) is 60.0 Å². The summed E-state index contributed by atoms with van der Waals surface area (Å²) in [6, 6.07) is 26.0. The second-order valence-corrected chi connectivity index (χ2v) is 10.5. The van der Waals surface area contributed by atoms with E-state index in [2.05, 4.69) is 20.5 Å². The maximum atomic E-state index is 11.0. The molecule has 0 spiro atoms. The van der Waals surface area contributed by atoms with E-state index in [4.69, 9.17) is 0 Å². The fraction of sp³-hybridized carbons (Fsp3) is 0.0588. The van der Waals surface area contributed by atoms with Crippen LogP contribution >= 0.6 is 0 Å². The average Bonchev–Trinajstić information content (AvgIpc) is 3.06. The number of nitro benzene ring substituents is 2. The van der Waals surface area contributed by atoms with Gasteiger partial charge in [0.05, 0.1) is 15.9 Å². The third-order valence-electron chi connectivity index (χ3n) is 7.33. The van der Waals surface area contributed by atoms with Gasteiger partial charge in [0.2, 0.25) is 5.75 Å². The summed E-state index contributed by atoms with van der Waals surface area (Å²) in [4.78, 5) is 20.1. The molecule has 0 amide bonds. The molecule has 0 saturated heterocycles. The Morgan fingerprint density at radius 1 is 0.551 bits per heavy atom. The number of benzene rings is 6. The minimum absolute atomic E-state index is 0. The van der Waals surface area contributed by atoms with Crippen molar-refractivity contribution in [2.75, 3.05) is 0 Å². The standard InChI is InChI=1S/C18H16N2O2.C16H10N4O6.Cr/c1-11-9-15(17(22)10-12(11)2)19-20-18-14-6-4-3-5-13(14)7-8-16(18)21;21-14-6-5-9-3-1-2-4-11(9)15(14)18-17-12-7-10(19(23)24)8-13(16(12)22)20(25)26;/h3-10,21-22H,1-2H3;1-8,21-22H;. The molecule has 0 aliphatic carbocycles. The molecule has 6 aromatic rings. The predicted octanol–water partition coefficient (Wildman–Crippen LogP) is 9.76. The average molecular weight is 699 g/mol. The van der Waals surface area contributed by atoms with Gasteiger partial charge in [-0.15, -0.1) is 20.5 Å². The fourth-order valence-corrected chi connectivity index (χ4v) is 4.68. The molecule has 0 aliphatic rings. The number of rotatable bonds is 6. The normalized spacial score (nSPS) is 11.0. The Hall–Kier alpha value is -6.43. The molecule has 6 rings (SSSR count). The SMILES string of the molecule is Cc1cc(O)c(N=Nc2c(O)ccc3ccccc23)cc1C.O=[N+]([O-])c1cc(N=Nc2c(O)ccc3ccccc23)c(O)c([N+](=O)[O-])c1.[Cr]. The van der Waals surface area contributed by atoms with Crippen LogP contribution in [0.5, 0.6) is 23.0 Å². The van der Waals surface area contributed by atoms with E-state index in [9.17, 15) is 40.7 Å². The first-order valence-electron chi connectivity index (χ1n) is 14.2. The number of azo groups is 2. The van der Waals surface area contributed by atoms with E-state index in [1.165, 1.54) is 6.07 Å². The van der Waals surface area contributed by atoms with Crippen LogP contribution < -0.4 is 0 Å². The molecule has 49 heavy (non-hydrogen) atoms. The number of phenols is 4. The Balaban J connectivity index is 0.000000219. The van der Waals surface area contributed by atoms with Crippen LogP contribution in [0.3, 0.4) is 0 Å². The van der Waals surface area contributed by atoms with Gasteiger partial charge in [0.25, 0.3) is 5.69 Å². The van der Waals surface area contributed by atoms with Gasteiger partial charge in [-0.3, -0.25) is 20.2 Å². The van der Waals surface area contributed by atoms with E-state index in [0.717, 1.165) is 33.4 Å². The van der Waals surface area contributed by atoms with Crippen molar-refractivity contribution >= 4 is 55.7 Å². The molecule has 6 aromatic carbocycles. The first-order chi connectivity index (χ1) is 22.9. The summed E-state index contributed by atoms with van der Waals surface area (Å²) >= 11 is 0. The van der Waals surface area contributed by atoms with Crippen LogP contribution in [0.25, 0.3) is 21.5 Å². The molecule has 246 valence electrons. The molecule has 0 fully saturated rings. The molecule has 0 aromatic heterocycles. The first kappa shape index (κ1) is 35.4. The zero-order valence-corrected chi connectivity index (χ0v) is 27.0. The summed E-state index contributed by atoms with van der Waals surface area (Å²) < 4.78 is 0. The quantitative estimate of drug-likeness (QED) is 0.0743. The van der Waals surface area contributed by atoms with Gasteiger partial charge in [-0.2, -0.15) is 0 Å². The minimum Gasteiger partial charge on any atom is -0.506 e. The van der Waals surface area contributed by atoms with Crippen LogP contribution in [0.2, 0.25) is 0 Å². The molecule has 0 saturated carbocycles. The first-order valence-corrected chi connectivity index (χ1v) is 14.2. The molecule has 0 aliphatic heterocycles. The molecular weight excluding hydrogens is 672 g/mol. The monoisotopic (exact) mass is 698 g/mol. The molecule has 0 atom stereocenters. The fourth-order valence-electron chi connectivity index (χ4n) is 4.68. The topological polar surface area (TPSA) is 217 Å². The smallest absolute Gasteiger partial charge is 0.319 e. The molecular formula is C34H26CrN6O8. The Morgan fingerprint density at radius 3 is 1.55 bits per heavy atom. The molecule has 4 N–H and O–H groups in total. The van der Waals surface area contributed by atoms with Crippen molar-refractivity contribution in [2.45, 2.75) is 13.8 Å². The number of aryl methyl sites for hydroxylation is 2. The van der Waals surface area contributed by atoms with E-state index in [1.807, 2.05) is 44.2 Å². The number of phenolic OH excluding ortho intramolecular Hbond substituents is 4. The molecule has 0 radical (unpaired) electrons. The van der Waals surface area contributed by atoms with Crippen molar-refractivity contribution in [3.8, 4) is 23.0 Å². The van der Waals surface area contributed by atoms with Gasteiger partial charge >= 0.3 is 5.69 Å². The Bertz CT molecular complexity index is 2290. The van der Waals surface area contributed by atoms with Gasteiger partial charge in [0.1, 0.15) is 40.0 Å². The number of nitro groups is 2. The van der Waals surface area contributed by atoms with Crippen molar-refractivity contribution in [3.05, 3.63) is 128 Å². The number of aromatic hydroxyl groups is 4. The minimum atomic E-state index is -0.962. The largest absolute Gasteiger partial charge is 0.506 e. The number of non-ortho nitro benzene ring substituents is 1. The second-order valence-electron chi connectivity index (χ2n) is 10.5. The zero-order chi connectivity index (χ0) is 34.5. The molecule has 0 heterocycles. The van der Waals surface area contributed by atoms with Gasteiger partial charge in [0.15, 0.2) is 0 Å². The Labute approximate surface area is 288 Å². The van der Waals surface area contributed by atoms with Gasteiger partial charge in [0, 0.05) is 34.2 Å². The van der Waals surface area contributed by atoms with Crippen molar-refractivity contribution in [1.82, 2.24) is 0 Å². The summed E-state index contributed by atoms with van der Waals surface area (Å²) in [5.41, 5.74) is 0.917. The van der Waals surface area contributed by atoms with Crippen LogP contribution in [0.1, 0.15) is 11.1 Å². The second kappa shape index (κ2) is 15.0. The molecule has 0 unspecified atom stereocenters. The summed E-state index contributed by atoms with van der Waals surface area (Å²) in [6.45, 7) is 3.87. The summed E-state index contributed by atoms with van der Waals surface area (Å²) in [6.07, 6.45) is 0. The van der Waals surface area contributed by atoms with E-state index in [1.54, 1.807) is 48.5 Å². The number of fused-ring (bicyclic) bond motifs is 2. The Morgan fingerprint density at radius 2 is 1.04 bits per heavy atom. The summed E-state index contributed by atoms with van der Waals surface area (Å²) in [7, 11) is 0. The maximum Gasteiger partial charge on any atom is 0.319 e. The predicted molar refractivity (Wildman–Crippen MR) is 179 cm³/mol. The van der Waals surface area contributed by atoms with E-state index >= 15 is 0 Å². The molecule has 15 heteroatoms. The van der Waals surface area contributed by atoms with Crippen molar-refractivity contribution in [1.29, 1.82) is 0 Å². The number of hydrogen-bond acceptors (Lipinski definition) is 12. The maximum absolute atomic E-state index is 11.0. The van der Waals surface area contributed by atoms with Gasteiger partial charge < -0.3 is 20.4 Å². The molecule has 0 bridgehead atoms. The van der Waals surface area contributed by atoms with Crippen LogP contribution in [-0.2, 0) is 17.4 Å². The summed E-state index contributed by atoms with van der Waals surface area (Å²) in [5.74, 6) is -0.923. The third-order valence-corrected chi connectivity index (χ3v) is 7.33. The van der Waals surface area contributed by atoms with Gasteiger partial charge in [-0.25, -0.2) is 0 Å². The van der Waals surface area contributed by atoms with Crippen LogP contribution in [0.4, 0.5) is 34.1 Å². The van der Waals surface area contributed by atoms with Crippen LogP contribution in [0.15, 0.2) is 118 Å². The molecule has 14 nitrogen and oxygen atoms in total. The van der Waals surface area contributed by atoms with E-state index in [-0.39, 0.29) is 40.3 Å². The van der Waals surface area contributed by atoms with Crippen molar-refractivity contribution in [3.63, 3.8) is 0 Å². The number of hydrogen-bond donors (Lipinski definition) is 4.